The number of nitrogens with zero attached hydrogens (tertiary/aromatic N) is 1. The number of thioether (sulfide) groups is 1. The largest absolute Gasteiger partial charge is 0.345 e. The number of quaternary nitrogens is 1. The van der Waals surface area contributed by atoms with Crippen LogP contribution in [0.2, 0.25) is 0 Å². The zero-order valence-electron chi connectivity index (χ0n) is 7.95. The molecule has 0 radical (unpaired) electrons. The second-order valence-corrected chi connectivity index (χ2v) is 5.68. The summed E-state index contributed by atoms with van der Waals surface area (Å²) in [5, 5.41) is 9.21. The first-order valence-corrected chi connectivity index (χ1v) is 6.18. The summed E-state index contributed by atoms with van der Waals surface area (Å²) in [5.74, 6) is 0.00185. The van der Waals surface area contributed by atoms with E-state index in [1.54, 1.807) is 11.8 Å². The van der Waals surface area contributed by atoms with E-state index in [2.05, 4.69) is 11.8 Å². The van der Waals surface area contributed by atoms with Crippen LogP contribution in [0.25, 0.3) is 0 Å². The maximum atomic E-state index is 9.11. The smallest absolute Gasteiger partial charge is 0.156 e. The van der Waals surface area contributed by atoms with Crippen LogP contribution in [0.1, 0.15) is 25.7 Å². The Hall–Kier alpha value is -0.370. The van der Waals surface area contributed by atoms with Gasteiger partial charge in [0.25, 0.3) is 0 Å². The van der Waals surface area contributed by atoms with Gasteiger partial charge in [0.05, 0.1) is 10.3 Å². The number of hydrogen-bond donors (Lipinski definition) is 1. The minimum atomic E-state index is 0.00185. The van der Waals surface area contributed by atoms with E-state index in [1.165, 1.54) is 24.0 Å². The molecule has 4 heteroatoms. The molecule has 1 aliphatic heterocycles. The molecule has 2 unspecified atom stereocenters. The molecule has 3 N–H and O–H groups in total. The van der Waals surface area contributed by atoms with Gasteiger partial charge >= 0.3 is 0 Å². The lowest BCUT2D eigenvalue weighted by Gasteiger charge is -2.30. The number of thiocarbonyl (C=S) groups is 1. The lowest BCUT2D eigenvalue weighted by molar-refractivity contribution is -0.391. The highest BCUT2D eigenvalue weighted by Gasteiger charge is 2.36. The van der Waals surface area contributed by atoms with E-state index < -0.39 is 0 Å². The van der Waals surface area contributed by atoms with Crippen molar-refractivity contribution in [1.82, 2.24) is 0 Å². The summed E-state index contributed by atoms with van der Waals surface area (Å²) in [4.78, 5) is 0. The highest BCUT2D eigenvalue weighted by molar-refractivity contribution is 8.24. The van der Waals surface area contributed by atoms with Gasteiger partial charge in [0.1, 0.15) is 5.92 Å². The highest BCUT2D eigenvalue weighted by atomic mass is 32.2. The number of hydrogen-bond acceptors (Lipinski definition) is 3. The molecule has 14 heavy (non-hydrogen) atoms. The fraction of sp³-hybridized carbons (Fsp3) is 0.600. The first-order chi connectivity index (χ1) is 6.74. The topological polar surface area (TPSA) is 51.4 Å². The monoisotopic (exact) mass is 225 g/mol. The lowest BCUT2D eigenvalue weighted by atomic mass is 9.84. The van der Waals surface area contributed by atoms with Crippen molar-refractivity contribution < 1.29 is 5.73 Å². The van der Waals surface area contributed by atoms with Crippen LogP contribution in [0.4, 0.5) is 0 Å². The molecule has 0 aromatic rings. The average Bonchev–Trinajstić information content (AvgIpc) is 2.18. The van der Waals surface area contributed by atoms with Crippen molar-refractivity contribution >= 4 is 28.2 Å². The molecule has 0 spiro atoms. The first-order valence-electron chi connectivity index (χ1n) is 4.89. The number of rotatable bonds is 0. The van der Waals surface area contributed by atoms with Crippen LogP contribution in [0.15, 0.2) is 11.1 Å². The summed E-state index contributed by atoms with van der Waals surface area (Å²) < 4.78 is 0.992. The second-order valence-electron chi connectivity index (χ2n) is 3.76. The predicted octanol–water partition coefficient (Wildman–Crippen LogP) is 1.64. The van der Waals surface area contributed by atoms with Gasteiger partial charge in [-0.2, -0.15) is 5.26 Å². The molecule has 1 aliphatic carbocycles. The summed E-state index contributed by atoms with van der Waals surface area (Å²) in [6, 6.07) is 2.37. The maximum absolute atomic E-state index is 9.11. The molecule has 2 rings (SSSR count). The minimum Gasteiger partial charge on any atom is -0.345 e. The fourth-order valence-electron chi connectivity index (χ4n) is 2.17. The molecular formula is C10H13N2S2+. The van der Waals surface area contributed by atoms with Crippen molar-refractivity contribution in [3.05, 3.63) is 11.1 Å². The molecule has 74 valence electrons. The van der Waals surface area contributed by atoms with Gasteiger partial charge in [0.2, 0.25) is 0 Å². The van der Waals surface area contributed by atoms with Crippen LogP contribution in [0, 0.1) is 17.2 Å². The van der Waals surface area contributed by atoms with Gasteiger partial charge in [-0.1, -0.05) is 12.2 Å². The van der Waals surface area contributed by atoms with Crippen molar-refractivity contribution in [2.45, 2.75) is 31.1 Å². The van der Waals surface area contributed by atoms with Gasteiger partial charge in [-0.05, 0) is 48.6 Å². The van der Waals surface area contributed by atoms with Crippen LogP contribution >= 0.6 is 24.0 Å². The fourth-order valence-corrected chi connectivity index (χ4v) is 3.78. The number of nitriles is 1. The summed E-state index contributed by atoms with van der Waals surface area (Å²) in [6.07, 6.45) is 4.56. The molecule has 2 atom stereocenters. The summed E-state index contributed by atoms with van der Waals surface area (Å²) in [5.41, 5.74) is 6.60. The van der Waals surface area contributed by atoms with Crippen molar-refractivity contribution in [3.63, 3.8) is 0 Å². The molecule has 0 aromatic carbocycles. The molecule has 2 aliphatic rings. The second kappa shape index (κ2) is 4.01. The Labute approximate surface area is 93.5 Å². The van der Waals surface area contributed by atoms with Crippen LogP contribution in [-0.4, -0.2) is 9.57 Å². The van der Waals surface area contributed by atoms with E-state index in [4.69, 9.17) is 17.5 Å². The van der Waals surface area contributed by atoms with E-state index in [0.29, 0.717) is 0 Å². The quantitative estimate of drug-likeness (QED) is 0.638. The van der Waals surface area contributed by atoms with E-state index in [1.807, 2.05) is 0 Å². The predicted molar refractivity (Wildman–Crippen MR) is 61.5 cm³/mol. The third-order valence-electron chi connectivity index (χ3n) is 2.90. The molecule has 1 heterocycles. The molecule has 0 fully saturated rings. The molecule has 0 aromatic heterocycles. The zero-order valence-corrected chi connectivity index (χ0v) is 9.59. The van der Waals surface area contributed by atoms with Crippen LogP contribution in [0.3, 0.4) is 0 Å². The normalized spacial score (nSPS) is 32.4. The van der Waals surface area contributed by atoms with Crippen LogP contribution in [0.5, 0.6) is 0 Å². The Morgan fingerprint density at radius 1 is 1.43 bits per heavy atom. The Morgan fingerprint density at radius 2 is 2.14 bits per heavy atom. The third kappa shape index (κ3) is 1.60. The Balaban J connectivity index is 2.40. The summed E-state index contributed by atoms with van der Waals surface area (Å²) in [6.45, 7) is 0. The Bertz CT molecular complexity index is 341. The zero-order chi connectivity index (χ0) is 10.1. The van der Waals surface area contributed by atoms with Gasteiger partial charge in [0.15, 0.2) is 5.37 Å². The summed E-state index contributed by atoms with van der Waals surface area (Å²) >= 11 is 6.94. The maximum Gasteiger partial charge on any atom is 0.156 e. The van der Waals surface area contributed by atoms with Crippen molar-refractivity contribution in [2.24, 2.45) is 5.92 Å². The van der Waals surface area contributed by atoms with Crippen LogP contribution < -0.4 is 5.73 Å². The molecular weight excluding hydrogens is 212 g/mol. The lowest BCUT2D eigenvalue weighted by Crippen LogP contribution is -2.64. The third-order valence-corrected chi connectivity index (χ3v) is 4.47. The Morgan fingerprint density at radius 3 is 2.86 bits per heavy atom. The molecule has 0 saturated heterocycles. The standard InChI is InChI=1S/C10H12N2S2/c11-5-8-6-3-1-2-4-7(6)10(13)14-9(8)12/h8-9H,1-4,12H2/p+1. The highest BCUT2D eigenvalue weighted by Crippen LogP contribution is 2.40. The minimum absolute atomic E-state index is 0.00185. The van der Waals surface area contributed by atoms with E-state index >= 15 is 0 Å². The average molecular weight is 225 g/mol. The van der Waals surface area contributed by atoms with Gasteiger partial charge in [-0.15, -0.1) is 0 Å². The molecule has 0 amide bonds. The Kier molecular flexibility index (Phi) is 2.91. The van der Waals surface area contributed by atoms with Crippen molar-refractivity contribution in [1.29, 1.82) is 5.26 Å². The first kappa shape index (κ1) is 10.2. The SMILES string of the molecule is N#CC1C2=C(CCCC2)C(=S)SC1[NH3+]. The van der Waals surface area contributed by atoms with E-state index in [0.717, 1.165) is 17.0 Å². The molecule has 0 saturated carbocycles. The molecule has 0 bridgehead atoms. The van der Waals surface area contributed by atoms with Gasteiger partial charge < -0.3 is 5.73 Å². The van der Waals surface area contributed by atoms with Crippen LogP contribution in [-0.2, 0) is 0 Å². The summed E-state index contributed by atoms with van der Waals surface area (Å²) in [7, 11) is 0. The molecule has 2 nitrogen and oxygen atoms in total. The van der Waals surface area contributed by atoms with Gasteiger partial charge in [-0.25, -0.2) is 0 Å². The van der Waals surface area contributed by atoms with E-state index in [-0.39, 0.29) is 11.3 Å². The van der Waals surface area contributed by atoms with E-state index in [9.17, 15) is 0 Å². The van der Waals surface area contributed by atoms with Crippen molar-refractivity contribution in [2.75, 3.05) is 0 Å². The van der Waals surface area contributed by atoms with Gasteiger partial charge in [-0.3, -0.25) is 0 Å². The van der Waals surface area contributed by atoms with Gasteiger partial charge in [0, 0.05) is 0 Å². The van der Waals surface area contributed by atoms with Crippen molar-refractivity contribution in [3.8, 4) is 6.07 Å².